The number of fused-ring (bicyclic) bond motifs is 1. The van der Waals surface area contributed by atoms with Crippen LogP contribution in [0.3, 0.4) is 0 Å². The quantitative estimate of drug-likeness (QED) is 0.331. The number of aliphatic hydroxyl groups excluding tert-OH is 4. The number of aromatic nitrogens is 3. The zero-order valence-electron chi connectivity index (χ0n) is 21.4. The van der Waals surface area contributed by atoms with Crippen molar-refractivity contribution in [3.8, 4) is 24.7 Å². The minimum atomic E-state index is -1.55. The van der Waals surface area contributed by atoms with Gasteiger partial charge in [0.15, 0.2) is 6.23 Å². The van der Waals surface area contributed by atoms with Crippen molar-refractivity contribution in [3.63, 3.8) is 0 Å². The normalized spacial score (nSPS) is 28.7. The molecule has 0 aliphatic carbocycles. The van der Waals surface area contributed by atoms with Crippen LogP contribution in [0.1, 0.15) is 35.1 Å². The van der Waals surface area contributed by atoms with E-state index in [1.54, 1.807) is 11.0 Å². The van der Waals surface area contributed by atoms with E-state index < -0.39 is 42.9 Å². The summed E-state index contributed by atoms with van der Waals surface area (Å²) in [6.07, 6.45) is 7.25. The maximum Gasteiger partial charge on any atom is 0.258 e. The predicted octanol–water partition coefficient (Wildman–Crippen LogP) is -1.23. The van der Waals surface area contributed by atoms with Crippen molar-refractivity contribution in [1.29, 1.82) is 0 Å². The lowest BCUT2D eigenvalue weighted by Gasteiger charge is -2.57. The van der Waals surface area contributed by atoms with E-state index in [1.165, 1.54) is 10.9 Å². The lowest BCUT2D eigenvalue weighted by molar-refractivity contribution is -0.254. The van der Waals surface area contributed by atoms with Gasteiger partial charge in [-0.3, -0.25) is 9.69 Å². The highest BCUT2D eigenvalue weighted by atomic mass is 16.6. The van der Waals surface area contributed by atoms with Gasteiger partial charge in [-0.2, -0.15) is 0 Å². The molecule has 0 saturated carbocycles. The molecule has 2 aromatic rings. The zero-order chi connectivity index (χ0) is 27.7. The summed E-state index contributed by atoms with van der Waals surface area (Å²) >= 11 is 0. The van der Waals surface area contributed by atoms with E-state index in [0.29, 0.717) is 50.3 Å². The minimum Gasteiger partial charge on any atom is -0.394 e. The van der Waals surface area contributed by atoms with Gasteiger partial charge >= 0.3 is 0 Å². The Labute approximate surface area is 226 Å². The molecule has 2 fully saturated rings. The molecular formula is C27H32N6O6. The second-order valence-corrected chi connectivity index (χ2v) is 10.1. The van der Waals surface area contributed by atoms with E-state index >= 15 is 0 Å². The highest BCUT2D eigenvalue weighted by Gasteiger charge is 2.51. The molecule has 1 aromatic heterocycles. The van der Waals surface area contributed by atoms with Crippen molar-refractivity contribution in [3.05, 3.63) is 41.7 Å². The molecule has 206 valence electrons. The number of carbonyl (C=O) groups is 1. The molecule has 0 bridgehead atoms. The van der Waals surface area contributed by atoms with Crippen molar-refractivity contribution < 1.29 is 30.0 Å². The van der Waals surface area contributed by atoms with Crippen LogP contribution in [0.5, 0.6) is 0 Å². The average Bonchev–Trinajstić information content (AvgIpc) is 3.42. The Kier molecular flexibility index (Phi) is 7.60. The lowest BCUT2D eigenvalue weighted by Crippen LogP contribution is -2.69. The van der Waals surface area contributed by atoms with Crippen LogP contribution in [0.15, 0.2) is 30.5 Å². The molecule has 1 aromatic carbocycles. The second kappa shape index (κ2) is 10.9. The Morgan fingerprint density at radius 2 is 1.74 bits per heavy atom. The molecule has 3 aliphatic rings. The van der Waals surface area contributed by atoms with Crippen LogP contribution in [0.4, 0.5) is 5.69 Å². The first-order chi connectivity index (χ1) is 18.8. The monoisotopic (exact) mass is 536 g/mol. The summed E-state index contributed by atoms with van der Waals surface area (Å²) in [4.78, 5) is 20.0. The zero-order valence-corrected chi connectivity index (χ0v) is 21.4. The predicted molar refractivity (Wildman–Crippen MR) is 139 cm³/mol. The summed E-state index contributed by atoms with van der Waals surface area (Å²) in [5, 5.41) is 48.6. The summed E-state index contributed by atoms with van der Waals surface area (Å²) < 4.78 is 6.82. The molecule has 39 heavy (non-hydrogen) atoms. The van der Waals surface area contributed by atoms with Crippen molar-refractivity contribution >= 4 is 11.6 Å². The van der Waals surface area contributed by atoms with Gasteiger partial charge in [0.25, 0.3) is 5.91 Å². The van der Waals surface area contributed by atoms with E-state index in [-0.39, 0.29) is 12.5 Å². The highest BCUT2D eigenvalue weighted by Crippen LogP contribution is 2.43. The Morgan fingerprint density at radius 1 is 1.03 bits per heavy atom. The number of nitrogens with zero attached hydrogens (tertiary/aromatic N) is 6. The number of piperidine rings is 1. The Morgan fingerprint density at radius 3 is 2.44 bits per heavy atom. The summed E-state index contributed by atoms with van der Waals surface area (Å²) in [6, 6.07) is 7.39. The van der Waals surface area contributed by atoms with Crippen LogP contribution in [0, 0.1) is 24.7 Å². The molecule has 5 rings (SSSR count). The van der Waals surface area contributed by atoms with Crippen LogP contribution in [-0.4, -0.2) is 114 Å². The van der Waals surface area contributed by atoms with E-state index in [9.17, 15) is 25.2 Å². The van der Waals surface area contributed by atoms with Gasteiger partial charge in [0.05, 0.1) is 43.7 Å². The van der Waals surface area contributed by atoms with Gasteiger partial charge in [-0.1, -0.05) is 29.2 Å². The number of benzene rings is 1. The van der Waals surface area contributed by atoms with Gasteiger partial charge in [0.1, 0.15) is 35.8 Å². The first-order valence-electron chi connectivity index (χ1n) is 12.8. The van der Waals surface area contributed by atoms with Gasteiger partial charge < -0.3 is 35.0 Å². The van der Waals surface area contributed by atoms with Gasteiger partial charge in [-0.05, 0) is 12.1 Å². The molecule has 3 aliphatic heterocycles. The number of hydrogen-bond acceptors (Lipinski definition) is 10. The van der Waals surface area contributed by atoms with Gasteiger partial charge in [0.2, 0.25) is 0 Å². The van der Waals surface area contributed by atoms with Crippen LogP contribution in [0.2, 0.25) is 0 Å². The summed E-state index contributed by atoms with van der Waals surface area (Å²) in [7, 11) is 0. The smallest absolute Gasteiger partial charge is 0.258 e. The molecule has 1 spiro atoms. The molecule has 5 atom stereocenters. The Hall–Kier alpha value is -3.49. The number of ether oxygens (including phenoxy) is 1. The van der Waals surface area contributed by atoms with Crippen molar-refractivity contribution in [2.75, 3.05) is 37.7 Å². The molecule has 1 amide bonds. The first-order valence-corrected chi connectivity index (χ1v) is 12.8. The molecule has 2 saturated heterocycles. The highest BCUT2D eigenvalue weighted by molar-refractivity contribution is 6.02. The minimum absolute atomic E-state index is 0.0980. The third kappa shape index (κ3) is 4.66. The Balaban J connectivity index is 1.48. The van der Waals surface area contributed by atoms with E-state index in [0.717, 1.165) is 5.69 Å². The largest absolute Gasteiger partial charge is 0.394 e. The van der Waals surface area contributed by atoms with Gasteiger partial charge in [-0.15, -0.1) is 17.9 Å². The fraction of sp³-hybridized carbons (Fsp3) is 0.519. The van der Waals surface area contributed by atoms with Crippen LogP contribution in [0.25, 0.3) is 0 Å². The van der Waals surface area contributed by atoms with E-state index in [2.05, 4.69) is 32.0 Å². The number of amides is 1. The van der Waals surface area contributed by atoms with Gasteiger partial charge in [0, 0.05) is 25.9 Å². The fourth-order valence-corrected chi connectivity index (χ4v) is 5.85. The number of terminal acetylenes is 2. The number of carbonyl (C=O) groups excluding carboxylic acids is 1. The second-order valence-electron chi connectivity index (χ2n) is 10.1. The number of rotatable bonds is 6. The van der Waals surface area contributed by atoms with Crippen molar-refractivity contribution in [1.82, 2.24) is 24.8 Å². The standard InChI is InChI=1S/C27H32N6O6/c1-3-11-30-13-9-27(10-14-30)31(12-4-2)20-8-6-5-7-19(20)25(38)32(27)15-18-16-33(29-28-18)26-24(37)23(36)22(35)21(17-34)39-26/h1-2,5-8,16,21-24,26,34-37H,9-15,17H2/t21-,22-,23+,24-,26-/m1/s1. The maximum atomic E-state index is 14.0. The molecule has 0 radical (unpaired) electrons. The first kappa shape index (κ1) is 27.1. The number of likely N-dealkylation sites (tertiary alicyclic amines) is 1. The third-order valence-electron chi connectivity index (χ3n) is 7.90. The lowest BCUT2D eigenvalue weighted by atomic mass is 9.87. The van der Waals surface area contributed by atoms with Gasteiger partial charge in [-0.25, -0.2) is 4.68 Å². The molecular weight excluding hydrogens is 504 g/mol. The summed E-state index contributed by atoms with van der Waals surface area (Å²) in [5.74, 6) is 5.28. The van der Waals surface area contributed by atoms with Crippen LogP contribution in [-0.2, 0) is 11.3 Å². The molecule has 12 nitrogen and oxygen atoms in total. The van der Waals surface area contributed by atoms with E-state index in [4.69, 9.17) is 17.6 Å². The van der Waals surface area contributed by atoms with E-state index in [1.807, 2.05) is 18.2 Å². The maximum absolute atomic E-state index is 14.0. The average molecular weight is 537 g/mol. The Bertz CT molecular complexity index is 1280. The number of anilines is 1. The number of hydrogen-bond donors (Lipinski definition) is 4. The molecule has 4 N–H and O–H groups in total. The van der Waals surface area contributed by atoms with Crippen molar-refractivity contribution in [2.24, 2.45) is 0 Å². The number of aliphatic hydroxyl groups is 4. The van der Waals surface area contributed by atoms with Crippen molar-refractivity contribution in [2.45, 2.75) is 55.7 Å². The number of para-hydroxylation sites is 1. The fourth-order valence-electron chi connectivity index (χ4n) is 5.85. The summed E-state index contributed by atoms with van der Waals surface area (Å²) in [5.41, 5.74) is 1.01. The molecule has 4 heterocycles. The third-order valence-corrected chi connectivity index (χ3v) is 7.90. The van der Waals surface area contributed by atoms with Crippen LogP contribution >= 0.6 is 0 Å². The topological polar surface area (TPSA) is 148 Å². The molecule has 0 unspecified atom stereocenters. The SMILES string of the molecule is C#CCN1CCC2(CC1)N(Cc1cn([C@@H]3O[C@H](CO)[C@@H](O)[C@H](O)[C@H]3O)nn1)C(=O)c1ccccc1N2CC#C. The van der Waals surface area contributed by atoms with Crippen LogP contribution < -0.4 is 4.90 Å². The molecule has 12 heteroatoms. The summed E-state index contributed by atoms with van der Waals surface area (Å²) in [6.45, 7) is 1.70.